The van der Waals surface area contributed by atoms with Crippen molar-refractivity contribution >= 4 is 15.9 Å². The fourth-order valence-electron chi connectivity index (χ4n) is 1.57. The van der Waals surface area contributed by atoms with Gasteiger partial charge in [0.2, 0.25) is 10.0 Å². The summed E-state index contributed by atoms with van der Waals surface area (Å²) in [6.07, 6.45) is 0. The van der Waals surface area contributed by atoms with E-state index in [0.717, 1.165) is 5.56 Å². The molecule has 1 aromatic carbocycles. The van der Waals surface area contributed by atoms with Crippen LogP contribution >= 0.6 is 0 Å². The lowest BCUT2D eigenvalue weighted by atomic mass is 9.88. The Bertz CT molecular complexity index is 601. The van der Waals surface area contributed by atoms with Crippen molar-refractivity contribution in [1.82, 2.24) is 10.0 Å². The van der Waals surface area contributed by atoms with Crippen LogP contribution < -0.4 is 10.0 Å². The summed E-state index contributed by atoms with van der Waals surface area (Å²) < 4.78 is 25.3. The summed E-state index contributed by atoms with van der Waals surface area (Å²) in [6.45, 7) is 10.0. The van der Waals surface area contributed by atoms with Crippen LogP contribution in [-0.4, -0.2) is 26.1 Å². The van der Waals surface area contributed by atoms with Gasteiger partial charge in [-0.25, -0.2) is 13.1 Å². The number of benzene rings is 1. The Hall–Kier alpha value is -1.40. The van der Waals surface area contributed by atoms with E-state index in [9.17, 15) is 13.2 Å². The van der Waals surface area contributed by atoms with Gasteiger partial charge in [0.05, 0.1) is 5.75 Å². The molecule has 0 aromatic heterocycles. The number of carbonyl (C=O) groups is 1. The first-order chi connectivity index (χ1) is 10.0. The topological polar surface area (TPSA) is 75.3 Å². The molecule has 124 valence electrons. The van der Waals surface area contributed by atoms with Crippen LogP contribution in [0, 0.1) is 5.41 Å². The Morgan fingerprint density at radius 1 is 1.18 bits per heavy atom. The molecule has 5 nitrogen and oxygen atoms in total. The summed E-state index contributed by atoms with van der Waals surface area (Å²) in [6, 6.07) is 6.99. The van der Waals surface area contributed by atoms with Crippen LogP contribution in [0.5, 0.6) is 0 Å². The number of hydrogen-bond donors (Lipinski definition) is 2. The Labute approximate surface area is 133 Å². The molecule has 0 bridgehead atoms. The fourth-order valence-corrected chi connectivity index (χ4v) is 2.16. The van der Waals surface area contributed by atoms with Crippen molar-refractivity contribution in [2.24, 2.45) is 5.41 Å². The Balaban J connectivity index is 2.67. The Morgan fingerprint density at radius 3 is 2.18 bits per heavy atom. The van der Waals surface area contributed by atoms with Crippen LogP contribution in [0.1, 0.15) is 50.5 Å². The molecule has 1 rings (SSSR count). The van der Waals surface area contributed by atoms with Gasteiger partial charge >= 0.3 is 0 Å². The number of rotatable bonds is 6. The molecule has 2 N–H and O–H groups in total. The molecule has 1 atom stereocenters. The molecule has 0 heterocycles. The zero-order valence-corrected chi connectivity index (χ0v) is 14.8. The SMILES string of the molecule is CCS(=O)(=O)NCc1ccc(C(=O)N[C@H](C)C(C)(C)C)cc1. The number of sulfonamides is 1. The normalized spacial score (nSPS) is 13.7. The highest BCUT2D eigenvalue weighted by Gasteiger charge is 2.22. The van der Waals surface area contributed by atoms with Gasteiger partial charge in [0.1, 0.15) is 0 Å². The van der Waals surface area contributed by atoms with Gasteiger partial charge < -0.3 is 5.32 Å². The minimum absolute atomic E-state index is 0.00592. The van der Waals surface area contributed by atoms with Crippen molar-refractivity contribution in [3.8, 4) is 0 Å². The molecule has 0 spiro atoms. The highest BCUT2D eigenvalue weighted by molar-refractivity contribution is 7.89. The summed E-state index contributed by atoms with van der Waals surface area (Å²) >= 11 is 0. The van der Waals surface area contributed by atoms with Crippen molar-refractivity contribution < 1.29 is 13.2 Å². The lowest BCUT2D eigenvalue weighted by Crippen LogP contribution is -2.41. The summed E-state index contributed by atoms with van der Waals surface area (Å²) in [5.41, 5.74) is 1.38. The van der Waals surface area contributed by atoms with Crippen molar-refractivity contribution in [3.05, 3.63) is 35.4 Å². The molecule has 0 radical (unpaired) electrons. The number of carbonyl (C=O) groups excluding carboxylic acids is 1. The zero-order chi connectivity index (χ0) is 17.0. The molecule has 0 fully saturated rings. The first kappa shape index (κ1) is 18.6. The average molecular weight is 326 g/mol. The quantitative estimate of drug-likeness (QED) is 0.842. The molecule has 0 saturated carbocycles. The predicted octanol–water partition coefficient (Wildman–Crippen LogP) is 2.29. The summed E-state index contributed by atoms with van der Waals surface area (Å²) in [4.78, 5) is 12.2. The van der Waals surface area contributed by atoms with Gasteiger partial charge in [-0.05, 0) is 37.0 Å². The molecular formula is C16H26N2O3S. The molecule has 0 aliphatic carbocycles. The fraction of sp³-hybridized carbons (Fsp3) is 0.562. The number of nitrogens with one attached hydrogen (secondary N) is 2. The largest absolute Gasteiger partial charge is 0.349 e. The van der Waals surface area contributed by atoms with E-state index < -0.39 is 10.0 Å². The van der Waals surface area contributed by atoms with E-state index in [2.05, 4.69) is 30.8 Å². The molecule has 0 unspecified atom stereocenters. The Morgan fingerprint density at radius 2 is 1.73 bits per heavy atom. The number of hydrogen-bond acceptors (Lipinski definition) is 3. The van der Waals surface area contributed by atoms with Crippen LogP contribution in [0.15, 0.2) is 24.3 Å². The third kappa shape index (κ3) is 5.77. The average Bonchev–Trinajstić information content (AvgIpc) is 2.44. The summed E-state index contributed by atoms with van der Waals surface area (Å²) in [5, 5.41) is 2.97. The second-order valence-corrected chi connectivity index (χ2v) is 8.58. The van der Waals surface area contributed by atoms with Gasteiger partial charge in [-0.3, -0.25) is 4.79 Å². The van der Waals surface area contributed by atoms with Gasteiger partial charge in [-0.15, -0.1) is 0 Å². The highest BCUT2D eigenvalue weighted by Crippen LogP contribution is 2.19. The van der Waals surface area contributed by atoms with Crippen molar-refractivity contribution in [2.75, 3.05) is 5.75 Å². The summed E-state index contributed by atoms with van der Waals surface area (Å²) in [5.74, 6) is -0.0684. The monoisotopic (exact) mass is 326 g/mol. The third-order valence-corrected chi connectivity index (χ3v) is 5.08. The van der Waals surface area contributed by atoms with E-state index >= 15 is 0 Å². The van der Waals surface area contributed by atoms with Gasteiger partial charge in [0.25, 0.3) is 5.91 Å². The van der Waals surface area contributed by atoms with Crippen LogP contribution in [0.3, 0.4) is 0 Å². The minimum atomic E-state index is -3.21. The van der Waals surface area contributed by atoms with Crippen molar-refractivity contribution in [3.63, 3.8) is 0 Å². The molecule has 6 heteroatoms. The number of amides is 1. The van der Waals surface area contributed by atoms with Crippen molar-refractivity contribution in [1.29, 1.82) is 0 Å². The molecule has 1 amide bonds. The van der Waals surface area contributed by atoms with Crippen LogP contribution in [0.25, 0.3) is 0 Å². The van der Waals surface area contributed by atoms with E-state index in [-0.39, 0.29) is 29.7 Å². The van der Waals surface area contributed by atoms with Crippen LogP contribution in [-0.2, 0) is 16.6 Å². The van der Waals surface area contributed by atoms with Gasteiger partial charge in [0.15, 0.2) is 0 Å². The highest BCUT2D eigenvalue weighted by atomic mass is 32.2. The van der Waals surface area contributed by atoms with Crippen molar-refractivity contribution in [2.45, 2.75) is 47.2 Å². The first-order valence-corrected chi connectivity index (χ1v) is 9.07. The molecule has 0 saturated heterocycles. The minimum Gasteiger partial charge on any atom is -0.349 e. The van der Waals surface area contributed by atoms with E-state index in [4.69, 9.17) is 0 Å². The molecule has 0 aliphatic heterocycles. The molecule has 22 heavy (non-hydrogen) atoms. The molecular weight excluding hydrogens is 300 g/mol. The Kier molecular flexibility index (Phi) is 6.14. The first-order valence-electron chi connectivity index (χ1n) is 7.42. The van der Waals surface area contributed by atoms with Gasteiger partial charge in [-0.2, -0.15) is 0 Å². The lowest BCUT2D eigenvalue weighted by molar-refractivity contribution is 0.0910. The maximum atomic E-state index is 12.2. The van der Waals surface area contributed by atoms with Crippen LogP contribution in [0.2, 0.25) is 0 Å². The van der Waals surface area contributed by atoms with E-state index in [1.54, 1.807) is 31.2 Å². The lowest BCUT2D eigenvalue weighted by Gasteiger charge is -2.28. The standard InChI is InChI=1S/C16H26N2O3S/c1-6-22(20,21)17-11-13-7-9-14(10-8-13)15(19)18-12(2)16(3,4)5/h7-10,12,17H,6,11H2,1-5H3,(H,18,19)/t12-/m1/s1. The predicted molar refractivity (Wildman–Crippen MR) is 89.1 cm³/mol. The third-order valence-electron chi connectivity index (χ3n) is 3.74. The second kappa shape index (κ2) is 7.24. The zero-order valence-electron chi connectivity index (χ0n) is 13.9. The van der Waals surface area contributed by atoms with E-state index in [1.165, 1.54) is 0 Å². The molecule has 1 aromatic rings. The second-order valence-electron chi connectivity index (χ2n) is 6.48. The maximum absolute atomic E-state index is 12.2. The van der Waals surface area contributed by atoms with E-state index in [1.807, 2.05) is 6.92 Å². The van der Waals surface area contributed by atoms with Gasteiger partial charge in [-0.1, -0.05) is 32.9 Å². The smallest absolute Gasteiger partial charge is 0.251 e. The maximum Gasteiger partial charge on any atom is 0.251 e. The molecule has 0 aliphatic rings. The van der Waals surface area contributed by atoms with Gasteiger partial charge in [0, 0.05) is 18.2 Å². The van der Waals surface area contributed by atoms with E-state index in [0.29, 0.717) is 5.56 Å². The van der Waals surface area contributed by atoms with Crippen LogP contribution in [0.4, 0.5) is 0 Å². The summed E-state index contributed by atoms with van der Waals surface area (Å²) in [7, 11) is -3.21.